The molecule has 0 fully saturated rings. The van der Waals surface area contributed by atoms with Gasteiger partial charge in [0.2, 0.25) is 0 Å². The van der Waals surface area contributed by atoms with E-state index in [1.165, 1.54) is 54.1 Å². The molecule has 2 aromatic heterocycles. The van der Waals surface area contributed by atoms with Crippen LogP contribution in [-0.2, 0) is 0 Å². The highest BCUT2D eigenvalue weighted by molar-refractivity contribution is 6.25. The van der Waals surface area contributed by atoms with Gasteiger partial charge in [-0.1, -0.05) is 146 Å². The van der Waals surface area contributed by atoms with E-state index < -0.39 is 0 Å². The topological polar surface area (TPSA) is 43.6 Å². The summed E-state index contributed by atoms with van der Waals surface area (Å²) < 4.78 is 2.37. The van der Waals surface area contributed by atoms with Crippen molar-refractivity contribution in [1.82, 2.24) is 19.5 Å². The second kappa shape index (κ2) is 12.9. The van der Waals surface area contributed by atoms with Crippen LogP contribution < -0.4 is 0 Å². The largest absolute Gasteiger partial charge is 0.309 e. The number of aryl methyl sites for hydroxylation is 1. The number of benzene rings is 9. The number of hydrogen-bond acceptors (Lipinski definition) is 3. The monoisotopic (exact) mass is 714 g/mol. The van der Waals surface area contributed by atoms with Crippen molar-refractivity contribution in [2.24, 2.45) is 0 Å². The molecule has 0 atom stereocenters. The smallest absolute Gasteiger partial charge is 0.164 e. The third kappa shape index (κ3) is 5.26. The summed E-state index contributed by atoms with van der Waals surface area (Å²) >= 11 is 0. The molecule has 0 N–H and O–H groups in total. The van der Waals surface area contributed by atoms with Crippen LogP contribution in [0.25, 0.3) is 105 Å². The summed E-state index contributed by atoms with van der Waals surface area (Å²) in [7, 11) is 0. The molecule has 0 bridgehead atoms. The summed E-state index contributed by atoms with van der Waals surface area (Å²) in [5, 5.41) is 9.85. The number of nitrogens with zero attached hydrogens (tertiary/aromatic N) is 4. The molecule has 2 heterocycles. The van der Waals surface area contributed by atoms with E-state index in [4.69, 9.17) is 15.0 Å². The number of para-hydroxylation sites is 2. The molecular weight excluding hydrogens is 681 g/mol. The van der Waals surface area contributed by atoms with Crippen LogP contribution in [0.1, 0.15) is 5.56 Å². The third-order valence-electron chi connectivity index (χ3n) is 11.0. The zero-order valence-corrected chi connectivity index (χ0v) is 30.7. The summed E-state index contributed by atoms with van der Waals surface area (Å²) in [5.41, 5.74) is 9.71. The average molecular weight is 715 g/mol. The van der Waals surface area contributed by atoms with Gasteiger partial charge in [0.1, 0.15) is 0 Å². The van der Waals surface area contributed by atoms with Crippen LogP contribution in [0.4, 0.5) is 0 Å². The van der Waals surface area contributed by atoms with Crippen molar-refractivity contribution >= 4 is 54.1 Å². The Hall–Kier alpha value is -7.43. The Morgan fingerprint density at radius 3 is 1.43 bits per heavy atom. The first-order valence-electron chi connectivity index (χ1n) is 19.0. The number of fused-ring (bicyclic) bond motifs is 9. The molecule has 0 saturated carbocycles. The molecule has 0 aliphatic heterocycles. The fraction of sp³-hybridized carbons (Fsp3) is 0.0192. The molecule has 0 aliphatic rings. The lowest BCUT2D eigenvalue weighted by Crippen LogP contribution is -2.01. The van der Waals surface area contributed by atoms with Crippen molar-refractivity contribution in [3.63, 3.8) is 0 Å². The zero-order chi connectivity index (χ0) is 37.2. The van der Waals surface area contributed by atoms with E-state index in [9.17, 15) is 0 Å². The Kier molecular flexibility index (Phi) is 7.36. The Bertz CT molecular complexity index is 3240. The van der Waals surface area contributed by atoms with E-state index in [1.807, 2.05) is 18.2 Å². The van der Waals surface area contributed by atoms with E-state index >= 15 is 0 Å². The minimum absolute atomic E-state index is 0.640. The molecule has 56 heavy (non-hydrogen) atoms. The van der Waals surface area contributed by atoms with Crippen LogP contribution in [-0.4, -0.2) is 19.5 Å². The Morgan fingerprint density at radius 1 is 0.304 bits per heavy atom. The van der Waals surface area contributed by atoms with E-state index in [0.29, 0.717) is 17.5 Å². The first-order chi connectivity index (χ1) is 27.7. The molecule has 0 saturated heterocycles. The standard InChI is InChI=1S/C52H34N4/c1-33-28-37(35-16-13-17-39(31-35)56-48-24-11-9-22-45(48)46-23-10-12-25-49(46)56)30-38(29-33)52-54-50(34-14-3-2-4-15-34)53-51(55-52)36-26-27-44-42-20-6-5-18-40(42)41-19-7-8-21-43(41)47(44)32-36/h2-32H,1H3. The van der Waals surface area contributed by atoms with Gasteiger partial charge in [0, 0.05) is 33.2 Å². The summed E-state index contributed by atoms with van der Waals surface area (Å²) in [6, 6.07) is 66.9. The highest BCUT2D eigenvalue weighted by atomic mass is 15.0. The molecule has 11 aromatic rings. The fourth-order valence-electron chi connectivity index (χ4n) is 8.50. The highest BCUT2D eigenvalue weighted by Gasteiger charge is 2.17. The molecule has 0 amide bonds. The molecule has 0 unspecified atom stereocenters. The highest BCUT2D eigenvalue weighted by Crippen LogP contribution is 2.38. The third-order valence-corrected chi connectivity index (χ3v) is 11.0. The molecule has 0 radical (unpaired) electrons. The van der Waals surface area contributed by atoms with Crippen molar-refractivity contribution in [1.29, 1.82) is 0 Å². The maximum Gasteiger partial charge on any atom is 0.164 e. The van der Waals surface area contributed by atoms with E-state index in [0.717, 1.165) is 39.1 Å². The van der Waals surface area contributed by atoms with Gasteiger partial charge >= 0.3 is 0 Å². The number of aromatic nitrogens is 4. The van der Waals surface area contributed by atoms with Gasteiger partial charge in [0.15, 0.2) is 17.5 Å². The van der Waals surface area contributed by atoms with E-state index in [2.05, 4.69) is 181 Å². The van der Waals surface area contributed by atoms with Gasteiger partial charge in [-0.2, -0.15) is 0 Å². The normalized spacial score (nSPS) is 11.7. The number of hydrogen-bond donors (Lipinski definition) is 0. The lowest BCUT2D eigenvalue weighted by atomic mass is 9.93. The first-order valence-corrected chi connectivity index (χ1v) is 19.0. The van der Waals surface area contributed by atoms with Crippen LogP contribution in [0.3, 0.4) is 0 Å². The zero-order valence-electron chi connectivity index (χ0n) is 30.7. The van der Waals surface area contributed by atoms with Crippen molar-refractivity contribution < 1.29 is 0 Å². The Balaban J connectivity index is 1.07. The van der Waals surface area contributed by atoms with Crippen molar-refractivity contribution in [3.8, 4) is 51.0 Å². The fourth-order valence-corrected chi connectivity index (χ4v) is 8.50. The summed E-state index contributed by atoms with van der Waals surface area (Å²) in [5.74, 6) is 1.93. The van der Waals surface area contributed by atoms with Gasteiger partial charge in [-0.15, -0.1) is 0 Å². The van der Waals surface area contributed by atoms with Gasteiger partial charge in [-0.3, -0.25) is 0 Å². The van der Waals surface area contributed by atoms with Crippen LogP contribution in [0.5, 0.6) is 0 Å². The molecule has 11 rings (SSSR count). The van der Waals surface area contributed by atoms with Crippen LogP contribution in [0.2, 0.25) is 0 Å². The van der Waals surface area contributed by atoms with Gasteiger partial charge in [0.25, 0.3) is 0 Å². The molecule has 9 aromatic carbocycles. The molecular formula is C52H34N4. The van der Waals surface area contributed by atoms with Crippen LogP contribution in [0.15, 0.2) is 188 Å². The summed E-state index contributed by atoms with van der Waals surface area (Å²) in [6.45, 7) is 2.14. The minimum atomic E-state index is 0.640. The number of rotatable bonds is 5. The molecule has 0 spiro atoms. The van der Waals surface area contributed by atoms with Crippen molar-refractivity contribution in [2.75, 3.05) is 0 Å². The quantitative estimate of drug-likeness (QED) is 0.167. The van der Waals surface area contributed by atoms with Crippen LogP contribution in [0, 0.1) is 6.92 Å². The molecule has 262 valence electrons. The van der Waals surface area contributed by atoms with E-state index in [1.54, 1.807) is 0 Å². The first kappa shape index (κ1) is 32.0. The average Bonchev–Trinajstić information content (AvgIpc) is 3.61. The lowest BCUT2D eigenvalue weighted by molar-refractivity contribution is 1.07. The van der Waals surface area contributed by atoms with Gasteiger partial charge < -0.3 is 4.57 Å². The predicted molar refractivity (Wildman–Crippen MR) is 233 cm³/mol. The summed E-state index contributed by atoms with van der Waals surface area (Å²) in [6.07, 6.45) is 0. The molecule has 4 nitrogen and oxygen atoms in total. The van der Waals surface area contributed by atoms with Gasteiger partial charge in [-0.05, 0) is 98.4 Å². The lowest BCUT2D eigenvalue weighted by Gasteiger charge is -2.14. The van der Waals surface area contributed by atoms with Crippen LogP contribution >= 0.6 is 0 Å². The summed E-state index contributed by atoms with van der Waals surface area (Å²) in [4.78, 5) is 15.5. The molecule has 0 aliphatic carbocycles. The predicted octanol–water partition coefficient (Wildman–Crippen LogP) is 13.4. The maximum atomic E-state index is 5.22. The Morgan fingerprint density at radius 2 is 0.786 bits per heavy atom. The van der Waals surface area contributed by atoms with Crippen molar-refractivity contribution in [2.45, 2.75) is 6.92 Å². The maximum absolute atomic E-state index is 5.22. The second-order valence-electron chi connectivity index (χ2n) is 14.5. The SMILES string of the molecule is Cc1cc(-c2cccc(-n3c4ccccc4c4ccccc43)c2)cc(-c2nc(-c3ccccc3)nc(-c3ccc4c5ccccc5c5ccccc5c4c3)n2)c1. The molecule has 4 heteroatoms. The van der Waals surface area contributed by atoms with Crippen molar-refractivity contribution in [3.05, 3.63) is 194 Å². The Labute approximate surface area is 324 Å². The van der Waals surface area contributed by atoms with E-state index in [-0.39, 0.29) is 0 Å². The van der Waals surface area contributed by atoms with Gasteiger partial charge in [-0.25, -0.2) is 15.0 Å². The van der Waals surface area contributed by atoms with Gasteiger partial charge in [0.05, 0.1) is 11.0 Å². The second-order valence-corrected chi connectivity index (χ2v) is 14.5. The minimum Gasteiger partial charge on any atom is -0.309 e.